The van der Waals surface area contributed by atoms with E-state index < -0.39 is 17.9 Å². The molecule has 2 atom stereocenters. The molecule has 1 amide bonds. The molecular formula is C16H18N2O3. The Hall–Kier alpha value is -2.43. The molecule has 1 aromatic heterocycles. The number of carbonyl (C=O) groups excluding carboxylic acids is 1. The minimum Gasteiger partial charge on any atom is -0.480 e. The standard InChI is InChI=1S/C16H18N2O3/c1-3-10(2)14(16(20)21)18-15(19)13-9-8-11-6-4-5-7-12(11)17-13/h4-10,14H,3H2,1-2H3,(H,18,19)(H,20,21)/t10-,14+/m1/s1. The first-order chi connectivity index (χ1) is 10.0. The summed E-state index contributed by atoms with van der Waals surface area (Å²) in [4.78, 5) is 27.7. The van der Waals surface area contributed by atoms with Gasteiger partial charge >= 0.3 is 5.97 Å². The van der Waals surface area contributed by atoms with Gasteiger partial charge in [-0.25, -0.2) is 9.78 Å². The third-order valence-corrected chi connectivity index (χ3v) is 3.60. The number of rotatable bonds is 5. The molecule has 0 saturated carbocycles. The van der Waals surface area contributed by atoms with Crippen LogP contribution >= 0.6 is 0 Å². The van der Waals surface area contributed by atoms with E-state index in [0.717, 1.165) is 5.39 Å². The number of hydrogen-bond donors (Lipinski definition) is 2. The fourth-order valence-corrected chi connectivity index (χ4v) is 2.09. The van der Waals surface area contributed by atoms with Crippen molar-refractivity contribution in [2.45, 2.75) is 26.3 Å². The lowest BCUT2D eigenvalue weighted by Crippen LogP contribution is -2.45. The number of hydrogen-bond acceptors (Lipinski definition) is 3. The summed E-state index contributed by atoms with van der Waals surface area (Å²) in [6.07, 6.45) is 0.669. The zero-order valence-corrected chi connectivity index (χ0v) is 12.0. The van der Waals surface area contributed by atoms with Crippen LogP contribution < -0.4 is 5.32 Å². The number of pyridine rings is 1. The van der Waals surface area contributed by atoms with Gasteiger partial charge in [-0.2, -0.15) is 0 Å². The number of para-hydroxylation sites is 1. The number of aliphatic carboxylic acids is 1. The smallest absolute Gasteiger partial charge is 0.326 e. The van der Waals surface area contributed by atoms with E-state index in [1.165, 1.54) is 0 Å². The number of carbonyl (C=O) groups is 2. The number of fused-ring (bicyclic) bond motifs is 1. The van der Waals surface area contributed by atoms with Crippen molar-refractivity contribution >= 4 is 22.8 Å². The molecule has 0 radical (unpaired) electrons. The molecule has 0 fully saturated rings. The van der Waals surface area contributed by atoms with E-state index in [0.29, 0.717) is 11.9 Å². The zero-order valence-electron chi connectivity index (χ0n) is 12.0. The molecule has 2 rings (SSSR count). The molecule has 2 N–H and O–H groups in total. The van der Waals surface area contributed by atoms with Crippen LogP contribution in [0.4, 0.5) is 0 Å². The fraction of sp³-hybridized carbons (Fsp3) is 0.312. The Kier molecular flexibility index (Phi) is 4.52. The van der Waals surface area contributed by atoms with Crippen molar-refractivity contribution in [2.24, 2.45) is 5.92 Å². The second-order valence-corrected chi connectivity index (χ2v) is 5.06. The quantitative estimate of drug-likeness (QED) is 0.885. The van der Waals surface area contributed by atoms with Crippen LogP contribution in [0, 0.1) is 5.92 Å². The van der Waals surface area contributed by atoms with Crippen LogP contribution in [0.25, 0.3) is 10.9 Å². The van der Waals surface area contributed by atoms with Crippen LogP contribution in [-0.2, 0) is 4.79 Å². The molecule has 0 aliphatic carbocycles. The number of carboxylic acid groups (broad SMARTS) is 1. The van der Waals surface area contributed by atoms with Gasteiger partial charge in [-0.3, -0.25) is 4.79 Å². The van der Waals surface area contributed by atoms with Gasteiger partial charge in [0, 0.05) is 5.39 Å². The molecule has 5 heteroatoms. The average molecular weight is 286 g/mol. The Morgan fingerprint density at radius 2 is 1.95 bits per heavy atom. The SMILES string of the molecule is CC[C@@H](C)[C@H](NC(=O)c1ccc2ccccc2n1)C(=O)O. The monoisotopic (exact) mass is 286 g/mol. The Morgan fingerprint density at radius 3 is 2.62 bits per heavy atom. The number of amides is 1. The number of nitrogens with one attached hydrogen (secondary N) is 1. The Morgan fingerprint density at radius 1 is 1.24 bits per heavy atom. The molecule has 0 saturated heterocycles. The van der Waals surface area contributed by atoms with Gasteiger partial charge in [0.2, 0.25) is 0 Å². The van der Waals surface area contributed by atoms with Crippen molar-refractivity contribution in [3.8, 4) is 0 Å². The van der Waals surface area contributed by atoms with Crippen molar-refractivity contribution < 1.29 is 14.7 Å². The van der Waals surface area contributed by atoms with Gasteiger partial charge in [0.25, 0.3) is 5.91 Å². The maximum Gasteiger partial charge on any atom is 0.326 e. The van der Waals surface area contributed by atoms with E-state index in [9.17, 15) is 14.7 Å². The Bertz CT molecular complexity index is 669. The first-order valence-corrected chi connectivity index (χ1v) is 6.92. The van der Waals surface area contributed by atoms with E-state index in [2.05, 4.69) is 10.3 Å². The highest BCUT2D eigenvalue weighted by molar-refractivity contribution is 5.97. The summed E-state index contributed by atoms with van der Waals surface area (Å²) in [7, 11) is 0. The predicted octanol–water partition coefficient (Wildman–Crippen LogP) is 2.46. The Labute approximate surface area is 123 Å². The molecule has 0 aliphatic heterocycles. The molecule has 0 spiro atoms. The lowest BCUT2D eigenvalue weighted by atomic mass is 9.99. The van der Waals surface area contributed by atoms with Crippen LogP contribution in [0.5, 0.6) is 0 Å². The third kappa shape index (κ3) is 3.37. The van der Waals surface area contributed by atoms with Crippen LogP contribution in [0.1, 0.15) is 30.8 Å². The lowest BCUT2D eigenvalue weighted by Gasteiger charge is -2.19. The molecule has 5 nitrogen and oxygen atoms in total. The van der Waals surface area contributed by atoms with E-state index >= 15 is 0 Å². The van der Waals surface area contributed by atoms with Crippen LogP contribution in [-0.4, -0.2) is 28.0 Å². The highest BCUT2D eigenvalue weighted by atomic mass is 16.4. The first-order valence-electron chi connectivity index (χ1n) is 6.92. The van der Waals surface area contributed by atoms with Gasteiger partial charge in [0.05, 0.1) is 5.52 Å². The number of aromatic nitrogens is 1. The fourth-order valence-electron chi connectivity index (χ4n) is 2.09. The van der Waals surface area contributed by atoms with E-state index in [1.54, 1.807) is 19.1 Å². The maximum atomic E-state index is 12.2. The number of benzene rings is 1. The molecular weight excluding hydrogens is 268 g/mol. The molecule has 1 heterocycles. The minimum absolute atomic E-state index is 0.146. The summed E-state index contributed by atoms with van der Waals surface area (Å²) in [6.45, 7) is 3.69. The average Bonchev–Trinajstić information content (AvgIpc) is 2.50. The van der Waals surface area contributed by atoms with Gasteiger partial charge < -0.3 is 10.4 Å². The zero-order chi connectivity index (χ0) is 15.4. The maximum absolute atomic E-state index is 12.2. The van der Waals surface area contributed by atoms with Gasteiger partial charge in [-0.15, -0.1) is 0 Å². The molecule has 0 unspecified atom stereocenters. The van der Waals surface area contributed by atoms with E-state index in [4.69, 9.17) is 0 Å². The highest BCUT2D eigenvalue weighted by Crippen LogP contribution is 2.13. The van der Waals surface area contributed by atoms with Crippen molar-refractivity contribution in [3.63, 3.8) is 0 Å². The van der Waals surface area contributed by atoms with Crippen LogP contribution in [0.3, 0.4) is 0 Å². The van der Waals surface area contributed by atoms with E-state index in [-0.39, 0.29) is 11.6 Å². The van der Waals surface area contributed by atoms with Crippen LogP contribution in [0.15, 0.2) is 36.4 Å². The molecule has 21 heavy (non-hydrogen) atoms. The third-order valence-electron chi connectivity index (χ3n) is 3.60. The number of carboxylic acids is 1. The van der Waals surface area contributed by atoms with Gasteiger partial charge in [-0.1, -0.05) is 44.5 Å². The van der Waals surface area contributed by atoms with Gasteiger partial charge in [0.15, 0.2) is 0 Å². The summed E-state index contributed by atoms with van der Waals surface area (Å²) in [5.41, 5.74) is 0.934. The molecule has 110 valence electrons. The largest absolute Gasteiger partial charge is 0.480 e. The molecule has 1 aromatic carbocycles. The summed E-state index contributed by atoms with van der Waals surface area (Å²) >= 11 is 0. The number of nitrogens with zero attached hydrogens (tertiary/aromatic N) is 1. The first kappa shape index (κ1) is 15.0. The topological polar surface area (TPSA) is 79.3 Å². The second kappa shape index (κ2) is 6.35. The normalized spacial score (nSPS) is 13.6. The highest BCUT2D eigenvalue weighted by Gasteiger charge is 2.26. The Balaban J connectivity index is 2.23. The molecule has 2 aromatic rings. The second-order valence-electron chi connectivity index (χ2n) is 5.06. The summed E-state index contributed by atoms with van der Waals surface area (Å²) in [5.74, 6) is -1.64. The summed E-state index contributed by atoms with van der Waals surface area (Å²) in [5, 5.41) is 12.7. The van der Waals surface area contributed by atoms with Gasteiger partial charge in [0.1, 0.15) is 11.7 Å². The van der Waals surface area contributed by atoms with Gasteiger partial charge in [-0.05, 0) is 18.1 Å². The molecule has 0 bridgehead atoms. The predicted molar refractivity (Wildman–Crippen MR) is 80.1 cm³/mol. The lowest BCUT2D eigenvalue weighted by molar-refractivity contribution is -0.140. The van der Waals surface area contributed by atoms with Crippen molar-refractivity contribution in [2.75, 3.05) is 0 Å². The van der Waals surface area contributed by atoms with Crippen molar-refractivity contribution in [1.82, 2.24) is 10.3 Å². The summed E-state index contributed by atoms with van der Waals surface area (Å²) < 4.78 is 0. The molecule has 0 aliphatic rings. The minimum atomic E-state index is -1.03. The van der Waals surface area contributed by atoms with Crippen molar-refractivity contribution in [1.29, 1.82) is 0 Å². The van der Waals surface area contributed by atoms with E-state index in [1.807, 2.05) is 31.2 Å². The summed E-state index contributed by atoms with van der Waals surface area (Å²) in [6, 6.07) is 9.96. The van der Waals surface area contributed by atoms with Crippen molar-refractivity contribution in [3.05, 3.63) is 42.1 Å². The van der Waals surface area contributed by atoms with Crippen LogP contribution in [0.2, 0.25) is 0 Å².